The minimum atomic E-state index is -4.84. The predicted octanol–water partition coefficient (Wildman–Crippen LogP) is 1.49. The molecule has 3 heterocycles. The van der Waals surface area contributed by atoms with Crippen molar-refractivity contribution in [2.45, 2.75) is 37.2 Å². The zero-order valence-electron chi connectivity index (χ0n) is 12.6. The topological polar surface area (TPSA) is 67.9 Å². The standard InChI is InChI=1S/C14H18F3N5O/c1-21-7-4-19-12(21)13(23,14(15,16)17)9-20-10-3-2-6-22-8-5-18-11(10)22/h4-5,7-8,10,20,23H,2-3,6,9H2,1H3. The molecule has 6 nitrogen and oxygen atoms in total. The summed E-state index contributed by atoms with van der Waals surface area (Å²) in [5, 5.41) is 13.1. The maximum absolute atomic E-state index is 13.5. The summed E-state index contributed by atoms with van der Waals surface area (Å²) in [6.45, 7) is 0.120. The summed E-state index contributed by atoms with van der Waals surface area (Å²) in [6, 6.07) is -0.326. The number of rotatable bonds is 4. The summed E-state index contributed by atoms with van der Waals surface area (Å²) >= 11 is 0. The first-order valence-electron chi connectivity index (χ1n) is 7.34. The zero-order valence-corrected chi connectivity index (χ0v) is 12.6. The van der Waals surface area contributed by atoms with E-state index in [1.54, 1.807) is 12.4 Å². The van der Waals surface area contributed by atoms with Gasteiger partial charge in [0, 0.05) is 44.9 Å². The van der Waals surface area contributed by atoms with E-state index in [1.165, 1.54) is 24.0 Å². The molecule has 0 amide bonds. The molecule has 2 atom stereocenters. The van der Waals surface area contributed by atoms with Gasteiger partial charge in [0.1, 0.15) is 5.82 Å². The third kappa shape index (κ3) is 2.74. The average Bonchev–Trinajstić information content (AvgIpc) is 3.12. The van der Waals surface area contributed by atoms with Gasteiger partial charge in [-0.1, -0.05) is 0 Å². The Morgan fingerprint density at radius 3 is 2.70 bits per heavy atom. The Bertz CT molecular complexity index is 680. The summed E-state index contributed by atoms with van der Waals surface area (Å²) in [5.74, 6) is 0.261. The van der Waals surface area contributed by atoms with E-state index in [-0.39, 0.29) is 6.04 Å². The lowest BCUT2D eigenvalue weighted by Crippen LogP contribution is -2.52. The molecule has 23 heavy (non-hydrogen) atoms. The molecule has 0 saturated heterocycles. The molecule has 2 aromatic rings. The van der Waals surface area contributed by atoms with Crippen LogP contribution in [-0.4, -0.2) is 36.9 Å². The van der Waals surface area contributed by atoms with Crippen molar-refractivity contribution in [1.29, 1.82) is 0 Å². The molecule has 0 saturated carbocycles. The molecule has 1 aliphatic rings. The van der Waals surface area contributed by atoms with E-state index >= 15 is 0 Å². The monoisotopic (exact) mass is 329 g/mol. The van der Waals surface area contributed by atoms with Crippen LogP contribution < -0.4 is 5.32 Å². The number of halogens is 3. The minimum absolute atomic E-state index is 0.326. The van der Waals surface area contributed by atoms with Gasteiger partial charge in [-0.15, -0.1) is 0 Å². The van der Waals surface area contributed by atoms with Gasteiger partial charge < -0.3 is 19.6 Å². The van der Waals surface area contributed by atoms with Crippen molar-refractivity contribution in [3.05, 3.63) is 36.4 Å². The highest BCUT2D eigenvalue weighted by Gasteiger charge is 2.57. The predicted molar refractivity (Wildman–Crippen MR) is 75.4 cm³/mol. The summed E-state index contributed by atoms with van der Waals surface area (Å²) < 4.78 is 43.5. The van der Waals surface area contributed by atoms with E-state index in [1.807, 2.05) is 4.57 Å². The van der Waals surface area contributed by atoms with Crippen LogP contribution in [0.25, 0.3) is 0 Å². The number of nitrogens with zero attached hydrogens (tertiary/aromatic N) is 4. The molecule has 0 spiro atoms. The fraction of sp³-hybridized carbons (Fsp3) is 0.571. The molecule has 0 aliphatic carbocycles. The number of nitrogens with one attached hydrogen (secondary N) is 1. The molecule has 1 aliphatic heterocycles. The molecule has 2 unspecified atom stereocenters. The van der Waals surface area contributed by atoms with Crippen molar-refractivity contribution in [1.82, 2.24) is 24.4 Å². The highest BCUT2D eigenvalue weighted by atomic mass is 19.4. The van der Waals surface area contributed by atoms with Crippen LogP contribution in [0.2, 0.25) is 0 Å². The SMILES string of the molecule is Cn1ccnc1C(O)(CNC1CCCn2ccnc21)C(F)(F)F. The maximum atomic E-state index is 13.5. The number of aliphatic hydroxyl groups is 1. The van der Waals surface area contributed by atoms with Crippen LogP contribution in [0.4, 0.5) is 13.2 Å². The minimum Gasteiger partial charge on any atom is -0.373 e. The van der Waals surface area contributed by atoms with Gasteiger partial charge in [-0.2, -0.15) is 13.2 Å². The van der Waals surface area contributed by atoms with Gasteiger partial charge in [-0.05, 0) is 12.8 Å². The second-order valence-corrected chi connectivity index (χ2v) is 5.77. The molecule has 2 aromatic heterocycles. The van der Waals surface area contributed by atoms with Gasteiger partial charge in [0.15, 0.2) is 5.82 Å². The van der Waals surface area contributed by atoms with Crippen LogP contribution >= 0.6 is 0 Å². The Morgan fingerprint density at radius 1 is 1.30 bits per heavy atom. The lowest BCUT2D eigenvalue weighted by atomic mass is 10.00. The lowest BCUT2D eigenvalue weighted by Gasteiger charge is -2.33. The maximum Gasteiger partial charge on any atom is 0.425 e. The molecule has 0 fully saturated rings. The molecule has 2 N–H and O–H groups in total. The smallest absolute Gasteiger partial charge is 0.373 e. The highest BCUT2D eigenvalue weighted by Crippen LogP contribution is 2.38. The van der Waals surface area contributed by atoms with Crippen LogP contribution in [0.1, 0.15) is 30.5 Å². The quantitative estimate of drug-likeness (QED) is 0.892. The summed E-state index contributed by atoms with van der Waals surface area (Å²) in [5.41, 5.74) is -3.06. The van der Waals surface area contributed by atoms with Gasteiger partial charge in [0.25, 0.3) is 0 Å². The third-order valence-electron chi connectivity index (χ3n) is 4.22. The fourth-order valence-corrected chi connectivity index (χ4v) is 2.95. The number of hydrogen-bond acceptors (Lipinski definition) is 4. The second kappa shape index (κ2) is 5.64. The van der Waals surface area contributed by atoms with Crippen LogP contribution in [0.3, 0.4) is 0 Å². The van der Waals surface area contributed by atoms with Crippen molar-refractivity contribution in [2.24, 2.45) is 7.05 Å². The molecular formula is C14H18F3N5O. The van der Waals surface area contributed by atoms with E-state index in [0.717, 1.165) is 13.0 Å². The van der Waals surface area contributed by atoms with Gasteiger partial charge in [-0.3, -0.25) is 0 Å². The van der Waals surface area contributed by atoms with Crippen LogP contribution in [0.5, 0.6) is 0 Å². The number of fused-ring (bicyclic) bond motifs is 1. The molecule has 0 bridgehead atoms. The summed E-state index contributed by atoms with van der Waals surface area (Å²) in [4.78, 5) is 7.88. The molecule has 9 heteroatoms. The van der Waals surface area contributed by atoms with Crippen LogP contribution in [-0.2, 0) is 19.2 Å². The van der Waals surface area contributed by atoms with E-state index in [2.05, 4.69) is 15.3 Å². The van der Waals surface area contributed by atoms with E-state index in [4.69, 9.17) is 0 Å². The van der Waals surface area contributed by atoms with Crippen molar-refractivity contribution < 1.29 is 18.3 Å². The Morgan fingerprint density at radius 2 is 2.04 bits per heavy atom. The number of aromatic nitrogens is 4. The van der Waals surface area contributed by atoms with Crippen LogP contribution in [0, 0.1) is 0 Å². The number of aryl methyl sites for hydroxylation is 2. The van der Waals surface area contributed by atoms with Gasteiger partial charge in [-0.25, -0.2) is 9.97 Å². The summed E-state index contributed by atoms with van der Waals surface area (Å²) in [7, 11) is 1.42. The van der Waals surface area contributed by atoms with Crippen molar-refractivity contribution >= 4 is 0 Å². The van der Waals surface area contributed by atoms with Gasteiger partial charge in [0.2, 0.25) is 5.60 Å². The second-order valence-electron chi connectivity index (χ2n) is 5.77. The number of hydrogen-bond donors (Lipinski definition) is 2. The Kier molecular flexibility index (Phi) is 3.93. The van der Waals surface area contributed by atoms with E-state index in [0.29, 0.717) is 12.2 Å². The van der Waals surface area contributed by atoms with Crippen molar-refractivity contribution in [2.75, 3.05) is 6.54 Å². The van der Waals surface area contributed by atoms with E-state index < -0.39 is 24.1 Å². The first kappa shape index (κ1) is 16.0. The fourth-order valence-electron chi connectivity index (χ4n) is 2.95. The van der Waals surface area contributed by atoms with Crippen LogP contribution in [0.15, 0.2) is 24.8 Å². The lowest BCUT2D eigenvalue weighted by molar-refractivity contribution is -0.268. The Labute approximate surface area is 131 Å². The Balaban J connectivity index is 1.83. The number of alkyl halides is 3. The first-order valence-corrected chi connectivity index (χ1v) is 7.34. The summed E-state index contributed by atoms with van der Waals surface area (Å²) in [6.07, 6.45) is 2.71. The molecule has 0 radical (unpaired) electrons. The van der Waals surface area contributed by atoms with E-state index in [9.17, 15) is 18.3 Å². The largest absolute Gasteiger partial charge is 0.425 e. The number of imidazole rings is 2. The van der Waals surface area contributed by atoms with Gasteiger partial charge >= 0.3 is 6.18 Å². The third-order valence-corrected chi connectivity index (χ3v) is 4.22. The highest BCUT2D eigenvalue weighted by molar-refractivity contribution is 5.11. The first-order chi connectivity index (χ1) is 10.8. The van der Waals surface area contributed by atoms with Crippen molar-refractivity contribution in [3.8, 4) is 0 Å². The molecule has 3 rings (SSSR count). The molecule has 126 valence electrons. The molecule has 0 aromatic carbocycles. The van der Waals surface area contributed by atoms with Gasteiger partial charge in [0.05, 0.1) is 6.04 Å². The zero-order chi connectivity index (χ0) is 16.7. The normalized spacial score (nSPS) is 21.0. The Hall–Kier alpha value is -1.87. The van der Waals surface area contributed by atoms with Crippen molar-refractivity contribution in [3.63, 3.8) is 0 Å². The average molecular weight is 329 g/mol. The molecular weight excluding hydrogens is 311 g/mol.